The Morgan fingerprint density at radius 1 is 0.733 bits per heavy atom. The minimum Gasteiger partial charge on any atom is -0.0654 e. The Balaban J connectivity index is 2.24. The van der Waals surface area contributed by atoms with Crippen molar-refractivity contribution in [2.45, 2.75) is 98.3 Å². The van der Waals surface area contributed by atoms with Crippen LogP contribution in [0.4, 0.5) is 0 Å². The molecule has 0 heterocycles. The van der Waals surface area contributed by atoms with Crippen LogP contribution in [0.1, 0.15) is 109 Å². The molecule has 0 spiro atoms. The average Bonchev–Trinajstić information content (AvgIpc) is 3.07. The maximum Gasteiger partial charge on any atom is 0.0164 e. The fraction of sp³-hybridized carbons (Fsp3) is 0.500. The molecular weight excluding hydrogens is 360 g/mol. The second-order valence-corrected chi connectivity index (χ2v) is 11.1. The standard InChI is InChI=1S/C30H41/c1-9-11-13-21-16-23-15-14-22(12-10-2)28(27(23)17-21)24-18-25(29(3,4)5)20-26(19-24)30(6,7)8/h14-20H,9-13H2,1-8H3. The lowest BCUT2D eigenvalue weighted by molar-refractivity contribution is 0.569. The smallest absolute Gasteiger partial charge is 0.0164 e. The number of fused-ring (bicyclic) bond motifs is 1. The van der Waals surface area contributed by atoms with Crippen LogP contribution in [-0.2, 0) is 17.3 Å². The molecule has 0 unspecified atom stereocenters. The van der Waals surface area contributed by atoms with Crippen molar-refractivity contribution in [1.29, 1.82) is 0 Å². The number of hydrogen-bond donors (Lipinski definition) is 0. The predicted molar refractivity (Wildman–Crippen MR) is 134 cm³/mol. The Labute approximate surface area is 185 Å². The number of rotatable bonds is 6. The van der Waals surface area contributed by atoms with E-state index in [4.69, 9.17) is 0 Å². The molecule has 0 atom stereocenters. The highest BCUT2D eigenvalue weighted by atomic mass is 14.3. The van der Waals surface area contributed by atoms with E-state index in [1.54, 1.807) is 0 Å². The summed E-state index contributed by atoms with van der Waals surface area (Å²) in [7, 11) is 0. The lowest BCUT2D eigenvalue weighted by Gasteiger charge is -2.27. The number of allylic oxidation sites excluding steroid dienone is 1. The molecular formula is C30H41. The van der Waals surface area contributed by atoms with Crippen molar-refractivity contribution >= 4 is 6.08 Å². The van der Waals surface area contributed by atoms with Gasteiger partial charge in [0.1, 0.15) is 0 Å². The lowest BCUT2D eigenvalue weighted by atomic mass is 9.78. The molecule has 0 fully saturated rings. The van der Waals surface area contributed by atoms with Crippen molar-refractivity contribution in [2.24, 2.45) is 0 Å². The van der Waals surface area contributed by atoms with Crippen LogP contribution in [0.5, 0.6) is 0 Å². The third-order valence-corrected chi connectivity index (χ3v) is 6.33. The molecule has 2 aromatic rings. The monoisotopic (exact) mass is 401 g/mol. The molecule has 2 aromatic carbocycles. The van der Waals surface area contributed by atoms with Gasteiger partial charge in [0.05, 0.1) is 0 Å². The first kappa shape index (κ1) is 22.9. The van der Waals surface area contributed by atoms with Crippen molar-refractivity contribution in [1.82, 2.24) is 0 Å². The summed E-state index contributed by atoms with van der Waals surface area (Å²) in [5.74, 6) is 0. The van der Waals surface area contributed by atoms with Crippen molar-refractivity contribution in [3.05, 3.63) is 70.1 Å². The first-order valence-electron chi connectivity index (χ1n) is 11.9. The molecule has 1 radical (unpaired) electrons. The summed E-state index contributed by atoms with van der Waals surface area (Å²) in [6.45, 7) is 18.6. The molecule has 1 aliphatic rings. The summed E-state index contributed by atoms with van der Waals surface area (Å²) < 4.78 is 0. The van der Waals surface area contributed by atoms with Crippen LogP contribution in [-0.4, -0.2) is 0 Å². The molecule has 0 bridgehead atoms. The zero-order valence-corrected chi connectivity index (χ0v) is 20.6. The first-order valence-corrected chi connectivity index (χ1v) is 11.9. The summed E-state index contributed by atoms with van der Waals surface area (Å²) in [5, 5.41) is 0. The molecule has 0 aliphatic heterocycles. The van der Waals surface area contributed by atoms with E-state index >= 15 is 0 Å². The van der Waals surface area contributed by atoms with E-state index in [2.05, 4.69) is 98.2 Å². The number of hydrogen-bond acceptors (Lipinski definition) is 0. The predicted octanol–water partition coefficient (Wildman–Crippen LogP) is 9.04. The molecule has 0 saturated carbocycles. The number of aryl methyl sites for hydroxylation is 1. The SMILES string of the molecule is CCCCC1=Cc2c(ccc(CCC)c2-c2cc(C(C)(C)C)cc(C(C)(C)C)c2)[CH]1. The number of benzene rings is 2. The van der Waals surface area contributed by atoms with E-state index in [1.165, 1.54) is 70.2 Å². The minimum atomic E-state index is 0.132. The largest absolute Gasteiger partial charge is 0.0654 e. The van der Waals surface area contributed by atoms with Crippen LogP contribution in [0, 0.1) is 6.42 Å². The normalized spacial score (nSPS) is 14.1. The zero-order chi connectivity index (χ0) is 22.1. The van der Waals surface area contributed by atoms with Crippen LogP contribution in [0.25, 0.3) is 17.2 Å². The highest BCUT2D eigenvalue weighted by Gasteiger charge is 2.24. The quantitative estimate of drug-likeness (QED) is 0.453. The van der Waals surface area contributed by atoms with Crippen molar-refractivity contribution in [2.75, 3.05) is 0 Å². The van der Waals surface area contributed by atoms with Gasteiger partial charge in [-0.3, -0.25) is 0 Å². The van der Waals surface area contributed by atoms with Crippen molar-refractivity contribution < 1.29 is 0 Å². The molecule has 0 N–H and O–H groups in total. The van der Waals surface area contributed by atoms with Crippen LogP contribution in [0.3, 0.4) is 0 Å². The van der Waals surface area contributed by atoms with Crippen LogP contribution < -0.4 is 0 Å². The van der Waals surface area contributed by atoms with Crippen molar-refractivity contribution in [3.8, 4) is 11.1 Å². The summed E-state index contributed by atoms with van der Waals surface area (Å²) in [4.78, 5) is 0. The van der Waals surface area contributed by atoms with Gasteiger partial charge in [0.2, 0.25) is 0 Å². The lowest BCUT2D eigenvalue weighted by Crippen LogP contribution is -2.16. The first-order chi connectivity index (χ1) is 14.0. The molecule has 0 heteroatoms. The molecule has 161 valence electrons. The number of unbranched alkanes of at least 4 members (excludes halogenated alkanes) is 1. The average molecular weight is 402 g/mol. The van der Waals surface area contributed by atoms with Gasteiger partial charge >= 0.3 is 0 Å². The summed E-state index contributed by atoms with van der Waals surface area (Å²) in [6.07, 6.45) is 10.9. The Hall–Kier alpha value is -1.82. The van der Waals surface area contributed by atoms with E-state index in [9.17, 15) is 0 Å². The molecule has 0 amide bonds. The van der Waals surface area contributed by atoms with Crippen LogP contribution in [0.15, 0.2) is 35.9 Å². The highest BCUT2D eigenvalue weighted by Crippen LogP contribution is 2.42. The molecule has 0 nitrogen and oxygen atoms in total. The van der Waals surface area contributed by atoms with Gasteiger partial charge in [-0.2, -0.15) is 0 Å². The van der Waals surface area contributed by atoms with Gasteiger partial charge in [-0.15, -0.1) is 0 Å². The molecule has 0 saturated heterocycles. The summed E-state index contributed by atoms with van der Waals surface area (Å²) in [5.41, 5.74) is 11.8. The van der Waals surface area contributed by atoms with Gasteiger partial charge in [0, 0.05) is 6.42 Å². The van der Waals surface area contributed by atoms with E-state index < -0.39 is 0 Å². The third kappa shape index (κ3) is 4.90. The Morgan fingerprint density at radius 2 is 1.37 bits per heavy atom. The fourth-order valence-corrected chi connectivity index (χ4v) is 4.37. The van der Waals surface area contributed by atoms with E-state index in [-0.39, 0.29) is 10.8 Å². The molecule has 1 aliphatic carbocycles. The van der Waals surface area contributed by atoms with Crippen LogP contribution >= 0.6 is 0 Å². The van der Waals surface area contributed by atoms with Gasteiger partial charge in [0.25, 0.3) is 0 Å². The highest BCUT2D eigenvalue weighted by molar-refractivity contribution is 5.86. The Bertz CT molecular complexity index is 893. The van der Waals surface area contributed by atoms with Crippen molar-refractivity contribution in [3.63, 3.8) is 0 Å². The van der Waals surface area contributed by atoms with E-state index in [0.29, 0.717) is 0 Å². The van der Waals surface area contributed by atoms with E-state index in [1.807, 2.05) is 0 Å². The van der Waals surface area contributed by atoms with Gasteiger partial charge in [-0.25, -0.2) is 0 Å². The maximum absolute atomic E-state index is 2.47. The van der Waals surface area contributed by atoms with Gasteiger partial charge < -0.3 is 0 Å². The summed E-state index contributed by atoms with van der Waals surface area (Å²) in [6, 6.07) is 12.1. The summed E-state index contributed by atoms with van der Waals surface area (Å²) >= 11 is 0. The molecule has 30 heavy (non-hydrogen) atoms. The maximum atomic E-state index is 2.47. The molecule has 3 rings (SSSR count). The molecule has 0 aromatic heterocycles. The second-order valence-electron chi connectivity index (χ2n) is 11.1. The van der Waals surface area contributed by atoms with Crippen LogP contribution in [0.2, 0.25) is 0 Å². The minimum absolute atomic E-state index is 0.132. The van der Waals surface area contributed by atoms with Gasteiger partial charge in [-0.05, 0) is 69.0 Å². The fourth-order valence-electron chi connectivity index (χ4n) is 4.37. The van der Waals surface area contributed by atoms with E-state index in [0.717, 1.165) is 6.42 Å². The topological polar surface area (TPSA) is 0 Å². The Kier molecular flexibility index (Phi) is 6.66. The van der Waals surface area contributed by atoms with Gasteiger partial charge in [0.15, 0.2) is 0 Å². The third-order valence-electron chi connectivity index (χ3n) is 6.33. The zero-order valence-electron chi connectivity index (χ0n) is 20.6. The Morgan fingerprint density at radius 3 is 1.90 bits per heavy atom. The van der Waals surface area contributed by atoms with Gasteiger partial charge in [-0.1, -0.05) is 110 Å². The second kappa shape index (κ2) is 8.74.